The van der Waals surface area contributed by atoms with Crippen LogP contribution in [0.25, 0.3) is 0 Å². The summed E-state index contributed by atoms with van der Waals surface area (Å²) in [6.45, 7) is 0.802. The van der Waals surface area contributed by atoms with Crippen molar-refractivity contribution in [2.75, 3.05) is 0 Å². The minimum absolute atomic E-state index is 0.216. The fourth-order valence-corrected chi connectivity index (χ4v) is 1.17. The molecular formula is C11H13F3O. The minimum atomic E-state index is -4.57. The molecule has 1 nitrogen and oxygen atoms in total. The van der Waals surface area contributed by atoms with Gasteiger partial charge in [-0.15, -0.1) is 0 Å². The highest BCUT2D eigenvalue weighted by molar-refractivity contribution is 5.15. The summed E-state index contributed by atoms with van der Waals surface area (Å²) in [4.78, 5) is 0. The molecule has 0 saturated carbocycles. The second-order valence-electron chi connectivity index (χ2n) is 3.76. The van der Waals surface area contributed by atoms with Gasteiger partial charge in [0, 0.05) is 0 Å². The van der Waals surface area contributed by atoms with Crippen LogP contribution >= 0.6 is 0 Å². The summed E-state index contributed by atoms with van der Waals surface area (Å²) in [5, 5.41) is 9.19. The van der Waals surface area contributed by atoms with Gasteiger partial charge in [0.2, 0.25) is 0 Å². The Morgan fingerprint density at radius 3 is 2.13 bits per heavy atom. The van der Waals surface area contributed by atoms with E-state index in [2.05, 4.69) is 0 Å². The Bertz CT molecular complexity index is 303. The van der Waals surface area contributed by atoms with Crippen molar-refractivity contribution in [1.82, 2.24) is 0 Å². The van der Waals surface area contributed by atoms with E-state index >= 15 is 0 Å². The lowest BCUT2D eigenvalue weighted by Crippen LogP contribution is -2.42. The molecule has 0 saturated heterocycles. The molecule has 1 atom stereocenters. The van der Waals surface area contributed by atoms with Crippen LogP contribution in [0.3, 0.4) is 0 Å². The smallest absolute Gasteiger partial charge is 0.381 e. The Kier molecular flexibility index (Phi) is 3.39. The Labute approximate surface area is 86.5 Å². The normalized spacial score (nSPS) is 16.1. The van der Waals surface area contributed by atoms with Crippen molar-refractivity contribution in [2.45, 2.75) is 31.5 Å². The molecular weight excluding hydrogens is 205 g/mol. The average molecular weight is 218 g/mol. The van der Waals surface area contributed by atoms with Crippen molar-refractivity contribution < 1.29 is 18.3 Å². The Hall–Kier alpha value is -1.03. The zero-order valence-electron chi connectivity index (χ0n) is 8.38. The van der Waals surface area contributed by atoms with Crippen molar-refractivity contribution in [3.8, 4) is 0 Å². The molecule has 0 spiro atoms. The van der Waals surface area contributed by atoms with E-state index < -0.39 is 11.8 Å². The maximum Gasteiger partial charge on any atom is 0.416 e. The molecule has 0 radical (unpaired) electrons. The molecule has 0 aliphatic heterocycles. The van der Waals surface area contributed by atoms with Crippen molar-refractivity contribution in [2.24, 2.45) is 0 Å². The Balaban J connectivity index is 2.58. The zero-order valence-corrected chi connectivity index (χ0v) is 8.38. The van der Waals surface area contributed by atoms with Gasteiger partial charge in [-0.25, -0.2) is 0 Å². The number of aryl methyl sites for hydroxylation is 1. The van der Waals surface area contributed by atoms with Gasteiger partial charge in [0.05, 0.1) is 0 Å². The maximum absolute atomic E-state index is 12.3. The lowest BCUT2D eigenvalue weighted by atomic mass is 9.96. The highest BCUT2D eigenvalue weighted by Crippen LogP contribution is 2.33. The number of aliphatic hydroxyl groups is 1. The quantitative estimate of drug-likeness (QED) is 0.827. The van der Waals surface area contributed by atoms with Crippen LogP contribution in [0, 0.1) is 0 Å². The largest absolute Gasteiger partial charge is 0.416 e. The van der Waals surface area contributed by atoms with Gasteiger partial charge in [-0.3, -0.25) is 0 Å². The molecule has 1 N–H and O–H groups in total. The molecule has 1 unspecified atom stereocenters. The summed E-state index contributed by atoms with van der Waals surface area (Å²) in [6, 6.07) is 8.81. The van der Waals surface area contributed by atoms with Gasteiger partial charge in [-0.05, 0) is 25.3 Å². The Morgan fingerprint density at radius 2 is 1.67 bits per heavy atom. The van der Waals surface area contributed by atoms with Crippen molar-refractivity contribution in [3.05, 3.63) is 35.9 Å². The Morgan fingerprint density at radius 1 is 1.13 bits per heavy atom. The fraction of sp³-hybridized carbons (Fsp3) is 0.455. The topological polar surface area (TPSA) is 20.2 Å². The number of hydrogen-bond donors (Lipinski definition) is 1. The van der Waals surface area contributed by atoms with Crippen LogP contribution in [-0.2, 0) is 6.42 Å². The highest BCUT2D eigenvalue weighted by Gasteiger charge is 2.49. The van der Waals surface area contributed by atoms with Gasteiger partial charge in [0.15, 0.2) is 5.60 Å². The fourth-order valence-electron chi connectivity index (χ4n) is 1.17. The summed E-state index contributed by atoms with van der Waals surface area (Å²) in [5.74, 6) is 0. The standard InChI is InChI=1S/C11H13F3O/c1-10(15,11(12,13)14)8-7-9-5-3-2-4-6-9/h2-6,15H,7-8H2,1H3. The SMILES string of the molecule is CC(O)(CCc1ccccc1)C(F)(F)F. The van der Waals surface area contributed by atoms with E-state index in [1.165, 1.54) is 0 Å². The average Bonchev–Trinajstić information content (AvgIpc) is 2.15. The summed E-state index contributed by atoms with van der Waals surface area (Å²) >= 11 is 0. The van der Waals surface area contributed by atoms with Gasteiger partial charge >= 0.3 is 6.18 Å². The molecule has 0 amide bonds. The second-order valence-corrected chi connectivity index (χ2v) is 3.76. The van der Waals surface area contributed by atoms with Gasteiger partial charge in [-0.2, -0.15) is 13.2 Å². The molecule has 0 fully saturated rings. The molecule has 1 aromatic carbocycles. The van der Waals surface area contributed by atoms with E-state index in [9.17, 15) is 18.3 Å². The van der Waals surface area contributed by atoms with Crippen LogP contribution in [0.1, 0.15) is 18.9 Å². The third kappa shape index (κ3) is 3.23. The van der Waals surface area contributed by atoms with Crippen LogP contribution in [0.15, 0.2) is 30.3 Å². The highest BCUT2D eigenvalue weighted by atomic mass is 19.4. The van der Waals surface area contributed by atoms with E-state index in [1.807, 2.05) is 0 Å². The molecule has 84 valence electrons. The molecule has 4 heteroatoms. The third-order valence-electron chi connectivity index (χ3n) is 2.35. The van der Waals surface area contributed by atoms with E-state index in [1.54, 1.807) is 30.3 Å². The van der Waals surface area contributed by atoms with Crippen LogP contribution in [-0.4, -0.2) is 16.9 Å². The lowest BCUT2D eigenvalue weighted by molar-refractivity contribution is -0.254. The van der Waals surface area contributed by atoms with Crippen LogP contribution < -0.4 is 0 Å². The number of hydrogen-bond acceptors (Lipinski definition) is 1. The van der Waals surface area contributed by atoms with E-state index in [0.717, 1.165) is 12.5 Å². The predicted molar refractivity (Wildman–Crippen MR) is 51.4 cm³/mol. The van der Waals surface area contributed by atoms with Gasteiger partial charge < -0.3 is 5.11 Å². The molecule has 1 aromatic rings. The molecule has 0 aromatic heterocycles. The molecule has 0 aliphatic carbocycles. The summed E-state index contributed by atoms with van der Waals surface area (Å²) < 4.78 is 36.9. The van der Waals surface area contributed by atoms with E-state index in [-0.39, 0.29) is 12.8 Å². The number of halogens is 3. The maximum atomic E-state index is 12.3. The van der Waals surface area contributed by atoms with Crippen LogP contribution in [0.4, 0.5) is 13.2 Å². The number of rotatable bonds is 3. The number of alkyl halides is 3. The van der Waals surface area contributed by atoms with E-state index in [0.29, 0.717) is 0 Å². The lowest BCUT2D eigenvalue weighted by Gasteiger charge is -2.26. The first-order valence-electron chi connectivity index (χ1n) is 4.66. The molecule has 0 heterocycles. The van der Waals surface area contributed by atoms with Crippen molar-refractivity contribution >= 4 is 0 Å². The molecule has 0 bridgehead atoms. The van der Waals surface area contributed by atoms with Gasteiger partial charge in [-0.1, -0.05) is 30.3 Å². The second kappa shape index (κ2) is 4.23. The molecule has 0 aliphatic rings. The van der Waals surface area contributed by atoms with Crippen LogP contribution in [0.2, 0.25) is 0 Å². The zero-order chi connectivity index (χ0) is 11.5. The summed E-state index contributed by atoms with van der Waals surface area (Å²) in [5.41, 5.74) is -1.81. The van der Waals surface area contributed by atoms with Crippen molar-refractivity contribution in [3.63, 3.8) is 0 Å². The third-order valence-corrected chi connectivity index (χ3v) is 2.35. The summed E-state index contributed by atoms with van der Waals surface area (Å²) in [7, 11) is 0. The molecule has 1 rings (SSSR count). The van der Waals surface area contributed by atoms with E-state index in [4.69, 9.17) is 0 Å². The predicted octanol–water partition coefficient (Wildman–Crippen LogP) is 2.93. The molecule has 15 heavy (non-hydrogen) atoms. The van der Waals surface area contributed by atoms with Gasteiger partial charge in [0.25, 0.3) is 0 Å². The monoisotopic (exact) mass is 218 g/mol. The van der Waals surface area contributed by atoms with Crippen molar-refractivity contribution in [1.29, 1.82) is 0 Å². The first-order valence-corrected chi connectivity index (χ1v) is 4.66. The first kappa shape index (κ1) is 12.0. The first-order chi connectivity index (χ1) is 6.83. The van der Waals surface area contributed by atoms with Gasteiger partial charge in [0.1, 0.15) is 0 Å². The number of benzene rings is 1. The van der Waals surface area contributed by atoms with Crippen LogP contribution in [0.5, 0.6) is 0 Å². The minimum Gasteiger partial charge on any atom is -0.381 e. The summed E-state index contributed by atoms with van der Waals surface area (Å²) in [6.07, 6.45) is -4.67.